The Morgan fingerprint density at radius 2 is 1.59 bits per heavy atom. The van der Waals surface area contributed by atoms with Crippen LogP contribution in [0.2, 0.25) is 0 Å². The number of hydrogen-bond acceptors (Lipinski definition) is 3. The molecule has 154 valence electrons. The molecule has 0 atom stereocenters. The minimum atomic E-state index is -4.36. The highest BCUT2D eigenvalue weighted by atomic mass is 19.4. The van der Waals surface area contributed by atoms with Crippen molar-refractivity contribution in [2.45, 2.75) is 32.2 Å². The maximum Gasteiger partial charge on any atom is 0.411 e. The summed E-state index contributed by atoms with van der Waals surface area (Å²) in [5.41, 5.74) is 2.55. The van der Waals surface area contributed by atoms with Crippen molar-refractivity contribution < 1.29 is 27.5 Å². The Morgan fingerprint density at radius 3 is 2.17 bits per heavy atom. The van der Waals surface area contributed by atoms with E-state index in [9.17, 15) is 22.8 Å². The second-order valence-corrected chi connectivity index (χ2v) is 6.95. The van der Waals surface area contributed by atoms with Gasteiger partial charge in [-0.3, -0.25) is 9.59 Å². The van der Waals surface area contributed by atoms with E-state index in [1.54, 1.807) is 24.3 Å². The largest absolute Gasteiger partial charge is 0.411 e. The number of halogens is 3. The minimum absolute atomic E-state index is 0.0401. The molecule has 0 spiro atoms. The number of hydrogen-bond donors (Lipinski definition) is 2. The van der Waals surface area contributed by atoms with Crippen LogP contribution in [0.4, 0.5) is 18.9 Å². The molecule has 8 heteroatoms. The van der Waals surface area contributed by atoms with Crippen LogP contribution in [-0.4, -0.2) is 24.6 Å². The molecule has 0 bridgehead atoms. The first-order chi connectivity index (χ1) is 13.8. The molecular formula is C21H21F3N2O3. The number of nitrogens with one attached hydrogen (secondary N) is 2. The average molecular weight is 406 g/mol. The summed E-state index contributed by atoms with van der Waals surface area (Å²) in [5, 5.41) is 5.63. The summed E-state index contributed by atoms with van der Waals surface area (Å²) in [6.07, 6.45) is -2.48. The normalized spacial score (nSPS) is 13.8. The average Bonchev–Trinajstić information content (AvgIpc) is 3.52. The van der Waals surface area contributed by atoms with Crippen molar-refractivity contribution in [1.29, 1.82) is 0 Å². The zero-order valence-electron chi connectivity index (χ0n) is 15.6. The molecule has 1 aliphatic rings. The number of rotatable bonds is 8. The molecule has 5 nitrogen and oxygen atoms in total. The second-order valence-electron chi connectivity index (χ2n) is 6.95. The molecule has 1 fully saturated rings. The molecule has 0 heterocycles. The van der Waals surface area contributed by atoms with Gasteiger partial charge in [0.15, 0.2) is 0 Å². The highest BCUT2D eigenvalue weighted by Gasteiger charge is 2.29. The lowest BCUT2D eigenvalue weighted by atomic mass is 10.1. The summed E-state index contributed by atoms with van der Waals surface area (Å²) >= 11 is 0. The van der Waals surface area contributed by atoms with Crippen molar-refractivity contribution in [2.75, 3.05) is 11.9 Å². The van der Waals surface area contributed by atoms with Crippen molar-refractivity contribution >= 4 is 17.5 Å². The zero-order chi connectivity index (χ0) is 20.9. The molecule has 0 radical (unpaired) electrons. The van der Waals surface area contributed by atoms with E-state index in [0.717, 1.165) is 24.1 Å². The molecule has 2 aromatic carbocycles. The lowest BCUT2D eigenvalue weighted by Crippen LogP contribution is -2.22. The topological polar surface area (TPSA) is 67.4 Å². The van der Waals surface area contributed by atoms with Gasteiger partial charge < -0.3 is 15.4 Å². The molecule has 2 amide bonds. The number of anilines is 1. The van der Waals surface area contributed by atoms with Crippen molar-refractivity contribution in [2.24, 2.45) is 5.92 Å². The van der Waals surface area contributed by atoms with Crippen LogP contribution in [0.3, 0.4) is 0 Å². The van der Waals surface area contributed by atoms with Crippen LogP contribution in [0.1, 0.15) is 34.3 Å². The Hall–Kier alpha value is -2.87. The Labute approximate surface area is 166 Å². The van der Waals surface area contributed by atoms with E-state index in [2.05, 4.69) is 15.4 Å². The third-order valence-electron chi connectivity index (χ3n) is 4.37. The van der Waals surface area contributed by atoms with Gasteiger partial charge in [-0.15, -0.1) is 0 Å². The lowest BCUT2D eigenvalue weighted by Gasteiger charge is -2.09. The van der Waals surface area contributed by atoms with Gasteiger partial charge in [0, 0.05) is 23.7 Å². The summed E-state index contributed by atoms with van der Waals surface area (Å²) in [7, 11) is 0. The number of carbonyl (C=O) groups is 2. The van der Waals surface area contributed by atoms with Crippen LogP contribution in [0.25, 0.3) is 0 Å². The summed E-state index contributed by atoms with van der Waals surface area (Å²) in [6, 6.07) is 13.4. The van der Waals surface area contributed by atoms with Crippen LogP contribution < -0.4 is 10.6 Å². The van der Waals surface area contributed by atoms with E-state index in [1.165, 1.54) is 12.1 Å². The Bertz CT molecular complexity index is 845. The molecule has 1 saturated carbocycles. The SMILES string of the molecule is O=C(NCc1ccc(NC(=O)C2CC2)cc1)c1ccc(COCC(F)(F)F)cc1. The molecule has 29 heavy (non-hydrogen) atoms. The first-order valence-electron chi connectivity index (χ1n) is 9.21. The smallest absolute Gasteiger partial charge is 0.367 e. The molecule has 2 N–H and O–H groups in total. The highest BCUT2D eigenvalue weighted by Crippen LogP contribution is 2.30. The predicted molar refractivity (Wildman–Crippen MR) is 101 cm³/mol. The Balaban J connectivity index is 1.44. The molecule has 0 aliphatic heterocycles. The Morgan fingerprint density at radius 1 is 0.966 bits per heavy atom. The van der Waals surface area contributed by atoms with E-state index in [1.807, 2.05) is 12.1 Å². The van der Waals surface area contributed by atoms with Gasteiger partial charge in [-0.25, -0.2) is 0 Å². The molecule has 3 rings (SSSR count). The summed E-state index contributed by atoms with van der Waals surface area (Å²) < 4.78 is 40.8. The first kappa shape index (κ1) is 20.9. The van der Waals surface area contributed by atoms with Crippen LogP contribution in [-0.2, 0) is 22.7 Å². The number of carbonyl (C=O) groups excluding carboxylic acids is 2. The predicted octanol–water partition coefficient (Wildman–Crippen LogP) is 4.04. The third kappa shape index (κ3) is 6.90. The van der Waals surface area contributed by atoms with E-state index in [4.69, 9.17) is 0 Å². The van der Waals surface area contributed by atoms with Crippen LogP contribution in [0.5, 0.6) is 0 Å². The van der Waals surface area contributed by atoms with Gasteiger partial charge in [-0.05, 0) is 48.2 Å². The molecule has 0 aromatic heterocycles. The van der Waals surface area contributed by atoms with Gasteiger partial charge in [-0.1, -0.05) is 24.3 Å². The van der Waals surface area contributed by atoms with Gasteiger partial charge in [0.05, 0.1) is 6.61 Å². The van der Waals surface area contributed by atoms with Gasteiger partial charge in [0.1, 0.15) is 6.61 Å². The van der Waals surface area contributed by atoms with Gasteiger partial charge in [0.2, 0.25) is 5.91 Å². The van der Waals surface area contributed by atoms with Crippen LogP contribution >= 0.6 is 0 Å². The van der Waals surface area contributed by atoms with E-state index >= 15 is 0 Å². The van der Waals surface area contributed by atoms with Gasteiger partial charge >= 0.3 is 6.18 Å². The second kappa shape index (κ2) is 9.09. The van der Waals surface area contributed by atoms with Crippen LogP contribution in [0.15, 0.2) is 48.5 Å². The fraction of sp³-hybridized carbons (Fsp3) is 0.333. The standard InChI is InChI=1S/C21H21F3N2O3/c22-21(23,24)13-29-12-15-1-5-16(6-2-15)19(27)25-11-14-3-9-18(10-4-14)26-20(28)17-7-8-17/h1-6,9-10,17H,7-8,11-13H2,(H,25,27)(H,26,28). The zero-order valence-corrected chi connectivity index (χ0v) is 15.6. The number of benzene rings is 2. The van der Waals surface area contributed by atoms with E-state index < -0.39 is 12.8 Å². The summed E-state index contributed by atoms with van der Waals surface area (Å²) in [5.74, 6) is -0.117. The quantitative estimate of drug-likeness (QED) is 0.695. The third-order valence-corrected chi connectivity index (χ3v) is 4.37. The number of amides is 2. The van der Waals surface area contributed by atoms with Crippen molar-refractivity contribution in [3.05, 3.63) is 65.2 Å². The number of alkyl halides is 3. The van der Waals surface area contributed by atoms with Gasteiger partial charge in [-0.2, -0.15) is 13.2 Å². The van der Waals surface area contributed by atoms with Gasteiger partial charge in [0.25, 0.3) is 5.91 Å². The maximum atomic E-state index is 12.2. The van der Waals surface area contributed by atoms with E-state index in [-0.39, 0.29) is 24.3 Å². The fourth-order valence-corrected chi connectivity index (χ4v) is 2.62. The van der Waals surface area contributed by atoms with Crippen molar-refractivity contribution in [3.63, 3.8) is 0 Å². The Kier molecular flexibility index (Phi) is 6.53. The molecule has 1 aliphatic carbocycles. The monoisotopic (exact) mass is 406 g/mol. The highest BCUT2D eigenvalue weighted by molar-refractivity contribution is 5.94. The first-order valence-corrected chi connectivity index (χ1v) is 9.21. The summed E-state index contributed by atoms with van der Waals surface area (Å²) in [4.78, 5) is 24.0. The molecule has 0 unspecified atom stereocenters. The maximum absolute atomic E-state index is 12.2. The molecule has 0 saturated heterocycles. The van der Waals surface area contributed by atoms with Crippen LogP contribution in [0, 0.1) is 5.92 Å². The fourth-order valence-electron chi connectivity index (χ4n) is 2.62. The van der Waals surface area contributed by atoms with Crippen molar-refractivity contribution in [1.82, 2.24) is 5.32 Å². The summed E-state index contributed by atoms with van der Waals surface area (Å²) in [6.45, 7) is -1.17. The van der Waals surface area contributed by atoms with Crippen molar-refractivity contribution in [3.8, 4) is 0 Å². The van der Waals surface area contributed by atoms with E-state index in [0.29, 0.717) is 17.7 Å². The molecular weight excluding hydrogens is 385 g/mol. The lowest BCUT2D eigenvalue weighted by molar-refractivity contribution is -0.176. The molecule has 2 aromatic rings. The number of ether oxygens (including phenoxy) is 1. The minimum Gasteiger partial charge on any atom is -0.367 e.